The molecule has 0 spiro atoms. The molecule has 1 fully saturated rings. The molecular weight excluding hydrogens is 444 g/mol. The zero-order valence-corrected chi connectivity index (χ0v) is 17.8. The number of likely N-dealkylation sites (tertiary alicyclic amines) is 1. The fourth-order valence-electron chi connectivity index (χ4n) is 3.16. The molecular formula is C29H33ClN2O2. The lowest BCUT2D eigenvalue weighted by molar-refractivity contribution is -0.133. The van der Waals surface area contributed by atoms with E-state index in [1.54, 1.807) is 0 Å². The van der Waals surface area contributed by atoms with Crippen LogP contribution in [0.2, 0.25) is 5.02 Å². The van der Waals surface area contributed by atoms with Crippen LogP contribution in [0.1, 0.15) is 74.2 Å². The van der Waals surface area contributed by atoms with Gasteiger partial charge in [0.05, 0.1) is 24.8 Å². The lowest BCUT2D eigenvalue weighted by Gasteiger charge is -2.41. The van der Waals surface area contributed by atoms with Crippen LogP contribution >= 0.6 is 11.6 Å². The average Bonchev–Trinajstić information content (AvgIpc) is 3.13. The summed E-state index contributed by atoms with van der Waals surface area (Å²) in [7, 11) is 0. The minimum Gasteiger partial charge on any atom is -0.385 e. The quantitative estimate of drug-likeness (QED) is 0.487. The predicted molar refractivity (Wildman–Crippen MR) is 138 cm³/mol. The molecule has 4 rings (SSSR count). The van der Waals surface area contributed by atoms with Gasteiger partial charge in [0.2, 0.25) is 5.91 Å². The van der Waals surface area contributed by atoms with E-state index in [2.05, 4.69) is 0 Å². The SMILES string of the molecule is [2H]c1c([2H])c([2H])c(C(CCN2C([2H])([2H])C([2H])([2H])C(O)(c3c([2H])c([2H])c(Cl)c([2H])c3[2H])C([2H])([2H])C2([2H])[2H])(C(=O)N(C([2H])([2H])[2H])C([2H])([2H])[2H])c2c([2H])c([2H])c([2H])c([2H])c2[2H])c([2H])c1[2H]. The Hall–Kier alpha value is -2.66. The number of nitrogens with zero attached hydrogens (tertiary/aromatic N) is 2. The topological polar surface area (TPSA) is 43.8 Å². The zero-order valence-electron chi connectivity index (χ0n) is 45.0. The molecule has 3 aromatic rings. The molecule has 0 saturated carbocycles. The van der Waals surface area contributed by atoms with Crippen molar-refractivity contribution in [1.82, 2.24) is 9.80 Å². The van der Waals surface area contributed by atoms with Crippen LogP contribution in [-0.4, -0.2) is 54.3 Å². The first kappa shape index (κ1) is 7.42. The Balaban J connectivity index is 2.29. The number of halogens is 1. The molecule has 178 valence electrons. The largest absolute Gasteiger partial charge is 0.385 e. The molecule has 1 heterocycles. The second-order valence-electron chi connectivity index (χ2n) is 6.82. The number of hydrogen-bond acceptors (Lipinski definition) is 3. The monoisotopic (exact) mass is 504 g/mol. The summed E-state index contributed by atoms with van der Waals surface area (Å²) in [6.45, 7) is -18.6. The van der Waals surface area contributed by atoms with Crippen molar-refractivity contribution in [2.24, 2.45) is 0 Å². The van der Waals surface area contributed by atoms with E-state index in [0.717, 1.165) is 0 Å². The predicted octanol–water partition coefficient (Wildman–Crippen LogP) is 5.09. The smallest absolute Gasteiger partial charge is 0.237 e. The van der Waals surface area contributed by atoms with E-state index >= 15 is 4.79 Å². The molecule has 0 aliphatic carbocycles. The molecule has 0 radical (unpaired) electrons. The maximum absolute atomic E-state index is 15.2. The van der Waals surface area contributed by atoms with Crippen LogP contribution in [0, 0.1) is 0 Å². The number of carbonyl (C=O) groups is 1. The van der Waals surface area contributed by atoms with Gasteiger partial charge in [-0.05, 0) is 54.5 Å². The van der Waals surface area contributed by atoms with Crippen molar-refractivity contribution in [3.8, 4) is 0 Å². The van der Waals surface area contributed by atoms with Crippen molar-refractivity contribution in [2.45, 2.75) is 30.2 Å². The van der Waals surface area contributed by atoms with Crippen LogP contribution in [0.25, 0.3) is 0 Å². The van der Waals surface area contributed by atoms with Crippen molar-refractivity contribution in [1.29, 1.82) is 0 Å². The molecule has 1 aliphatic rings. The van der Waals surface area contributed by atoms with Gasteiger partial charge in [0.15, 0.2) is 0 Å². The van der Waals surface area contributed by atoms with E-state index in [1.165, 1.54) is 0 Å². The van der Waals surface area contributed by atoms with Gasteiger partial charge in [0, 0.05) is 51.2 Å². The third-order valence-corrected chi connectivity index (χ3v) is 5.02. The van der Waals surface area contributed by atoms with Crippen molar-refractivity contribution in [3.05, 3.63) is 106 Å². The van der Waals surface area contributed by atoms with Crippen LogP contribution in [0.5, 0.6) is 0 Å². The van der Waals surface area contributed by atoms with E-state index in [9.17, 15) is 5.11 Å². The molecule has 0 unspecified atom stereocenters. The van der Waals surface area contributed by atoms with E-state index < -0.39 is 186 Å². The summed E-state index contributed by atoms with van der Waals surface area (Å²) in [6.07, 6.45) is -10.6. The minimum atomic E-state index is -4.38. The number of carbonyl (C=O) groups excluding carboxylic acids is 1. The second-order valence-corrected chi connectivity index (χ2v) is 7.20. The molecule has 0 bridgehead atoms. The standard InChI is InChI=1S/C29H33ClN2O2/c1-31(2)27(33)29(24-9-5-3-6-10-24,25-11-7-4-8-12-25)19-22-32-20-17-28(34,18-21-32)23-13-15-26(30)16-14-23/h3-16,34H,17-22H2,1-2H3/i1D3,2D3,3D,4D,5D,6D,7D,8D,9D,10D,11D,12D,13D,14D,15D,16D,17D2,18D2,20D2,21D2. The Kier molecular flexibility index (Phi) is 2.25. The average molecular weight is 505 g/mol. The van der Waals surface area contributed by atoms with Crippen LogP contribution in [-0.2, 0) is 15.8 Å². The Bertz CT molecular complexity index is 2180. The third kappa shape index (κ3) is 4.90. The van der Waals surface area contributed by atoms with Gasteiger partial charge < -0.3 is 14.9 Å². The van der Waals surface area contributed by atoms with E-state index in [0.29, 0.717) is 0 Å². The second kappa shape index (κ2) is 10.3. The van der Waals surface area contributed by atoms with Gasteiger partial charge in [-0.15, -0.1) is 0 Å². The summed E-state index contributed by atoms with van der Waals surface area (Å²) < 4.78 is 238. The van der Waals surface area contributed by atoms with Crippen molar-refractivity contribution >= 4 is 17.5 Å². The van der Waals surface area contributed by atoms with Crippen LogP contribution < -0.4 is 0 Å². The number of piperidine rings is 1. The molecule has 0 aromatic heterocycles. The van der Waals surface area contributed by atoms with Gasteiger partial charge in [0.25, 0.3) is 0 Å². The van der Waals surface area contributed by atoms with E-state index in [-0.39, 0.29) is 0 Å². The summed E-state index contributed by atoms with van der Waals surface area (Å²) in [4.78, 5) is 14.0. The molecule has 1 saturated heterocycles. The third-order valence-electron chi connectivity index (χ3n) is 4.83. The van der Waals surface area contributed by atoms with Crippen LogP contribution in [0.4, 0.5) is 0 Å². The van der Waals surface area contributed by atoms with Gasteiger partial charge >= 0.3 is 0 Å². The van der Waals surface area contributed by atoms with Crippen LogP contribution in [0.15, 0.2) is 84.6 Å². The Labute approximate surface area is 247 Å². The number of hydrogen-bond donors (Lipinski definition) is 1. The Morgan fingerprint density at radius 3 is 2.06 bits per heavy atom. The first-order valence-electron chi connectivity index (χ1n) is 23.4. The van der Waals surface area contributed by atoms with E-state index in [1.807, 2.05) is 0 Å². The summed E-state index contributed by atoms with van der Waals surface area (Å²) in [5, 5.41) is 11.2. The highest BCUT2D eigenvalue weighted by molar-refractivity contribution is 6.30. The maximum atomic E-state index is 15.2. The van der Waals surface area contributed by atoms with Crippen molar-refractivity contribution < 1.29 is 48.3 Å². The fourth-order valence-corrected chi connectivity index (χ4v) is 3.26. The first-order chi connectivity index (χ1) is 27.6. The number of amides is 1. The number of aliphatic hydroxyl groups is 1. The summed E-state index contributed by atoms with van der Waals surface area (Å²) >= 11 is 5.85. The molecule has 34 heavy (non-hydrogen) atoms. The van der Waals surface area contributed by atoms with Gasteiger partial charge in [-0.2, -0.15) is 0 Å². The minimum absolute atomic E-state index is 0.400. The molecule has 0 atom stereocenters. The van der Waals surface area contributed by atoms with Gasteiger partial charge in [-0.25, -0.2) is 0 Å². The Morgan fingerprint density at radius 1 is 1.03 bits per heavy atom. The number of likely N-dealkylation sites (N-methyl/N-ethyl adjacent to an activating group) is 1. The Morgan fingerprint density at radius 2 is 1.56 bits per heavy atom. The molecule has 1 N–H and O–H groups in total. The fraction of sp³-hybridized carbons (Fsp3) is 0.345. The van der Waals surface area contributed by atoms with Gasteiger partial charge in [0.1, 0.15) is 5.41 Å². The number of benzene rings is 3. The van der Waals surface area contributed by atoms with Gasteiger partial charge in [-0.1, -0.05) is 84.1 Å². The first-order valence-corrected chi connectivity index (χ1v) is 9.78. The maximum Gasteiger partial charge on any atom is 0.237 e. The highest BCUT2D eigenvalue weighted by Crippen LogP contribution is 2.39. The van der Waals surface area contributed by atoms with Crippen molar-refractivity contribution in [2.75, 3.05) is 33.5 Å². The van der Waals surface area contributed by atoms with E-state index in [4.69, 9.17) is 50.0 Å². The lowest BCUT2D eigenvalue weighted by Crippen LogP contribution is -2.48. The molecule has 4 nitrogen and oxygen atoms in total. The van der Waals surface area contributed by atoms with Crippen molar-refractivity contribution in [3.63, 3.8) is 0 Å². The number of rotatable bonds is 7. The summed E-state index contributed by atoms with van der Waals surface area (Å²) in [5.74, 6) is -2.43. The molecule has 1 amide bonds. The zero-order chi connectivity index (χ0) is 48.5. The normalized spacial score (nSPS) is 34.8. The highest BCUT2D eigenvalue weighted by Gasteiger charge is 2.43. The highest BCUT2D eigenvalue weighted by atomic mass is 35.5. The lowest BCUT2D eigenvalue weighted by atomic mass is 9.70. The van der Waals surface area contributed by atoms with Gasteiger partial charge in [-0.3, -0.25) is 4.79 Å². The molecule has 3 aromatic carbocycles. The summed E-state index contributed by atoms with van der Waals surface area (Å²) in [6, 6.07) is -19.0. The van der Waals surface area contributed by atoms with Crippen LogP contribution in [0.3, 0.4) is 0 Å². The molecule has 1 aliphatic heterocycles. The molecule has 5 heteroatoms. The summed E-state index contributed by atoms with van der Waals surface area (Å²) in [5.41, 5.74) is -12.9.